The van der Waals surface area contributed by atoms with Crippen molar-refractivity contribution in [1.82, 2.24) is 4.90 Å². The van der Waals surface area contributed by atoms with Crippen LogP contribution in [-0.2, 0) is 4.79 Å². The summed E-state index contributed by atoms with van der Waals surface area (Å²) in [6.45, 7) is 0. The van der Waals surface area contributed by atoms with Gasteiger partial charge in [0.1, 0.15) is 0 Å². The Morgan fingerprint density at radius 1 is 1.50 bits per heavy atom. The van der Waals surface area contributed by atoms with Crippen molar-refractivity contribution < 1.29 is 4.79 Å². The van der Waals surface area contributed by atoms with Crippen molar-refractivity contribution in [2.75, 3.05) is 14.1 Å². The van der Waals surface area contributed by atoms with Gasteiger partial charge < -0.3 is 0 Å². The number of carbonyl (C=O) groups excluding carboxylic acids is 1. The van der Waals surface area contributed by atoms with Crippen molar-refractivity contribution in [3.63, 3.8) is 0 Å². The lowest BCUT2D eigenvalue weighted by Gasteiger charge is -2.04. The van der Waals surface area contributed by atoms with E-state index in [-0.39, 0.29) is 5.91 Å². The lowest BCUT2D eigenvalue weighted by molar-refractivity contribution is -0.121. The summed E-state index contributed by atoms with van der Waals surface area (Å²) in [5.41, 5.74) is 0. The zero-order valence-electron chi connectivity index (χ0n) is 8.73. The molecule has 0 N–H and O–H groups in total. The first-order chi connectivity index (χ1) is 7.61. The Labute approximate surface area is 107 Å². The molecule has 16 heavy (non-hydrogen) atoms. The van der Waals surface area contributed by atoms with Crippen LogP contribution in [0.4, 0.5) is 0 Å². The van der Waals surface area contributed by atoms with Gasteiger partial charge in [0, 0.05) is 19.0 Å². The van der Waals surface area contributed by atoms with Crippen molar-refractivity contribution in [2.45, 2.75) is 0 Å². The first-order valence-corrected chi connectivity index (χ1v) is 6.52. The summed E-state index contributed by atoms with van der Waals surface area (Å²) in [4.78, 5) is 19.1. The fourth-order valence-electron chi connectivity index (χ4n) is 1.28. The fourth-order valence-corrected chi connectivity index (χ4v) is 3.28. The molecule has 1 aromatic heterocycles. The summed E-state index contributed by atoms with van der Waals surface area (Å²) in [5.74, 6) is -0.0184. The highest BCUT2D eigenvalue weighted by Gasteiger charge is 2.29. The maximum absolute atomic E-state index is 11.8. The van der Waals surface area contributed by atoms with E-state index in [2.05, 4.69) is 4.99 Å². The molecule has 1 aliphatic rings. The van der Waals surface area contributed by atoms with Gasteiger partial charge in [-0.15, -0.1) is 11.3 Å². The molecule has 1 aromatic rings. The van der Waals surface area contributed by atoms with E-state index in [0.717, 1.165) is 14.4 Å². The number of likely N-dealkylation sites (N-methyl/N-ethyl adjacent to an activating group) is 1. The van der Waals surface area contributed by atoms with Gasteiger partial charge in [-0.1, -0.05) is 11.6 Å². The minimum Gasteiger partial charge on any atom is -0.290 e. The first kappa shape index (κ1) is 11.7. The Balaban J connectivity index is 2.30. The fraction of sp³-hybridized carbons (Fsp3) is 0.200. The Bertz CT molecular complexity index is 493. The second-order valence-electron chi connectivity index (χ2n) is 3.12. The summed E-state index contributed by atoms with van der Waals surface area (Å²) in [5, 5.41) is 0.721. The number of aliphatic imine (C=N–C) groups is 1. The van der Waals surface area contributed by atoms with Crippen LogP contribution in [0.3, 0.4) is 0 Å². The number of amidine groups is 1. The smallest absolute Gasteiger partial charge is 0.266 e. The van der Waals surface area contributed by atoms with Crippen LogP contribution in [-0.4, -0.2) is 30.1 Å². The number of amides is 1. The maximum atomic E-state index is 11.8. The molecule has 0 spiro atoms. The van der Waals surface area contributed by atoms with Gasteiger partial charge in [0.15, 0.2) is 5.17 Å². The van der Waals surface area contributed by atoms with Gasteiger partial charge in [0.2, 0.25) is 0 Å². The normalized spacial score (nSPS) is 21.4. The zero-order valence-corrected chi connectivity index (χ0v) is 11.1. The van der Waals surface area contributed by atoms with Crippen LogP contribution in [0.1, 0.15) is 4.88 Å². The zero-order chi connectivity index (χ0) is 11.7. The summed E-state index contributed by atoms with van der Waals surface area (Å²) < 4.78 is 0.722. The molecule has 1 fully saturated rings. The molecule has 0 saturated carbocycles. The van der Waals surface area contributed by atoms with Gasteiger partial charge in [0.25, 0.3) is 5.91 Å². The van der Waals surface area contributed by atoms with E-state index < -0.39 is 0 Å². The molecule has 0 aromatic carbocycles. The lowest BCUT2D eigenvalue weighted by atomic mass is 10.4. The quantitative estimate of drug-likeness (QED) is 0.737. The maximum Gasteiger partial charge on any atom is 0.266 e. The van der Waals surface area contributed by atoms with Crippen LogP contribution in [0.5, 0.6) is 0 Å². The summed E-state index contributed by atoms with van der Waals surface area (Å²) in [7, 11) is 3.40. The molecular formula is C10H9ClN2OS2. The molecule has 0 unspecified atom stereocenters. The van der Waals surface area contributed by atoms with Crippen molar-refractivity contribution in [1.29, 1.82) is 0 Å². The molecule has 84 valence electrons. The highest BCUT2D eigenvalue weighted by atomic mass is 35.5. The second-order valence-corrected chi connectivity index (χ2v) is 5.88. The van der Waals surface area contributed by atoms with Crippen LogP contribution in [0.25, 0.3) is 6.08 Å². The van der Waals surface area contributed by atoms with E-state index in [1.165, 1.54) is 23.1 Å². The Morgan fingerprint density at radius 3 is 2.75 bits per heavy atom. The predicted molar refractivity (Wildman–Crippen MR) is 71.0 cm³/mol. The topological polar surface area (TPSA) is 32.7 Å². The van der Waals surface area contributed by atoms with E-state index in [1.54, 1.807) is 19.0 Å². The Hall–Kier alpha value is -0.780. The van der Waals surface area contributed by atoms with Gasteiger partial charge in [-0.05, 0) is 30.0 Å². The average Bonchev–Trinajstić information content (AvgIpc) is 2.78. The molecule has 2 heterocycles. The summed E-state index contributed by atoms with van der Waals surface area (Å²) in [6.07, 6.45) is 1.85. The van der Waals surface area contributed by atoms with Gasteiger partial charge in [-0.2, -0.15) is 0 Å². The minimum absolute atomic E-state index is 0.0184. The summed E-state index contributed by atoms with van der Waals surface area (Å²) >= 11 is 8.66. The molecule has 1 aliphatic heterocycles. The first-order valence-electron chi connectivity index (χ1n) is 4.51. The van der Waals surface area contributed by atoms with Gasteiger partial charge in [-0.3, -0.25) is 14.7 Å². The molecular weight excluding hydrogens is 264 g/mol. The number of halogens is 1. The number of hydrogen-bond acceptors (Lipinski definition) is 4. The van der Waals surface area contributed by atoms with Crippen LogP contribution in [0, 0.1) is 0 Å². The number of nitrogens with zero attached hydrogens (tertiary/aromatic N) is 2. The number of thioether (sulfide) groups is 1. The van der Waals surface area contributed by atoms with Crippen LogP contribution >= 0.6 is 34.7 Å². The molecule has 0 radical (unpaired) electrons. The highest BCUT2D eigenvalue weighted by molar-refractivity contribution is 8.18. The number of thiophene rings is 1. The highest BCUT2D eigenvalue weighted by Crippen LogP contribution is 2.33. The predicted octanol–water partition coefficient (Wildman–Crippen LogP) is 2.93. The Kier molecular flexibility index (Phi) is 3.37. The van der Waals surface area contributed by atoms with E-state index in [4.69, 9.17) is 11.6 Å². The van der Waals surface area contributed by atoms with Gasteiger partial charge >= 0.3 is 0 Å². The van der Waals surface area contributed by atoms with Gasteiger partial charge in [0.05, 0.1) is 9.24 Å². The third-order valence-corrected chi connectivity index (χ3v) is 4.39. The molecule has 6 heteroatoms. The van der Waals surface area contributed by atoms with Crippen molar-refractivity contribution in [3.8, 4) is 0 Å². The van der Waals surface area contributed by atoms with Crippen LogP contribution < -0.4 is 0 Å². The summed E-state index contributed by atoms with van der Waals surface area (Å²) in [6, 6.07) is 3.72. The lowest BCUT2D eigenvalue weighted by Crippen LogP contribution is -2.23. The molecule has 1 amide bonds. The monoisotopic (exact) mass is 272 g/mol. The standard InChI is InChI=1S/C10H9ClN2OS2/c1-12-10-13(2)9(14)7(16-10)5-6-3-4-8(11)15-6/h3-5H,1-2H3/b7-5-,12-10?. The molecule has 2 rings (SSSR count). The van der Waals surface area contributed by atoms with Crippen molar-refractivity contribution in [3.05, 3.63) is 26.3 Å². The van der Waals surface area contributed by atoms with Crippen LogP contribution in [0.2, 0.25) is 4.34 Å². The molecule has 0 atom stereocenters. The third kappa shape index (κ3) is 2.16. The van der Waals surface area contributed by atoms with E-state index in [0.29, 0.717) is 4.91 Å². The molecule has 0 bridgehead atoms. The molecule has 3 nitrogen and oxygen atoms in total. The van der Waals surface area contributed by atoms with E-state index in [9.17, 15) is 4.79 Å². The Morgan fingerprint density at radius 2 is 2.25 bits per heavy atom. The van der Waals surface area contributed by atoms with Crippen molar-refractivity contribution >= 4 is 51.9 Å². The number of carbonyl (C=O) groups is 1. The van der Waals surface area contributed by atoms with E-state index in [1.807, 2.05) is 18.2 Å². The SMILES string of the molecule is CN=C1S/C(=C\c2ccc(Cl)s2)C(=O)N1C. The number of rotatable bonds is 1. The third-order valence-electron chi connectivity index (χ3n) is 2.06. The van der Waals surface area contributed by atoms with Crippen LogP contribution in [0.15, 0.2) is 22.0 Å². The molecule has 1 saturated heterocycles. The number of hydrogen-bond donors (Lipinski definition) is 0. The van der Waals surface area contributed by atoms with E-state index >= 15 is 0 Å². The van der Waals surface area contributed by atoms with Gasteiger partial charge in [-0.25, -0.2) is 0 Å². The van der Waals surface area contributed by atoms with Crippen molar-refractivity contribution in [2.24, 2.45) is 4.99 Å². The average molecular weight is 273 g/mol. The minimum atomic E-state index is -0.0184. The molecule has 0 aliphatic carbocycles. The largest absolute Gasteiger partial charge is 0.290 e. The second kappa shape index (κ2) is 4.61.